The molecule has 0 aromatic carbocycles. The first-order valence-electron chi connectivity index (χ1n) is 4.06. The Labute approximate surface area is 72.2 Å². The molecule has 0 bridgehead atoms. The van der Waals surface area contributed by atoms with Crippen LogP contribution in [0.5, 0.6) is 0 Å². The van der Waals surface area contributed by atoms with Crippen LogP contribution in [0.4, 0.5) is 0 Å². The molecule has 0 saturated carbocycles. The minimum atomic E-state index is -1.96. The molecule has 0 heterocycles. The van der Waals surface area contributed by atoms with Crippen LogP contribution in [0.3, 0.4) is 0 Å². The van der Waals surface area contributed by atoms with Gasteiger partial charge in [0.25, 0.3) is 0 Å². The summed E-state index contributed by atoms with van der Waals surface area (Å²) in [5.41, 5.74) is 0. The third kappa shape index (κ3) is 7.50. The zero-order chi connectivity index (χ0) is 9.61. The molecule has 12 heavy (non-hydrogen) atoms. The Hall–Kier alpha value is -0.610. The molecule has 2 N–H and O–H groups in total. The van der Waals surface area contributed by atoms with Gasteiger partial charge >= 0.3 is 5.97 Å². The number of ether oxygens (including phenoxy) is 1. The molecule has 0 aromatic heterocycles. The second-order valence-corrected chi connectivity index (χ2v) is 2.97. The smallest absolute Gasteiger partial charge is 0.311 e. The molecule has 0 spiro atoms. The summed E-state index contributed by atoms with van der Waals surface area (Å²) < 4.78 is 4.70. The fourth-order valence-corrected chi connectivity index (χ4v) is 0.655. The Morgan fingerprint density at radius 1 is 1.50 bits per heavy atom. The van der Waals surface area contributed by atoms with E-state index in [9.17, 15) is 4.79 Å². The van der Waals surface area contributed by atoms with E-state index in [0.29, 0.717) is 6.61 Å². The average molecular weight is 176 g/mol. The van der Waals surface area contributed by atoms with Gasteiger partial charge in [0.2, 0.25) is 0 Å². The SMILES string of the molecule is CCCCOC(=O)CC(C)(O)O. The van der Waals surface area contributed by atoms with Crippen molar-refractivity contribution in [2.45, 2.75) is 38.9 Å². The zero-order valence-corrected chi connectivity index (χ0v) is 7.54. The first kappa shape index (κ1) is 11.4. The van der Waals surface area contributed by atoms with E-state index in [4.69, 9.17) is 14.9 Å². The number of unbranched alkanes of at least 4 members (excludes halogenated alkanes) is 1. The molecule has 0 fully saturated rings. The second-order valence-electron chi connectivity index (χ2n) is 2.97. The van der Waals surface area contributed by atoms with Crippen molar-refractivity contribution in [1.82, 2.24) is 0 Å². The predicted octanol–water partition coefficient (Wildman–Crippen LogP) is 0.421. The number of carbonyl (C=O) groups is 1. The molecule has 0 aliphatic rings. The maximum absolute atomic E-state index is 10.8. The Kier molecular flexibility index (Phi) is 4.85. The summed E-state index contributed by atoms with van der Waals surface area (Å²) in [6.07, 6.45) is 1.37. The van der Waals surface area contributed by atoms with Gasteiger partial charge in [0.15, 0.2) is 5.79 Å². The van der Waals surface area contributed by atoms with Crippen LogP contribution in [-0.4, -0.2) is 28.6 Å². The number of aliphatic hydroxyl groups is 2. The van der Waals surface area contributed by atoms with Crippen LogP contribution in [-0.2, 0) is 9.53 Å². The summed E-state index contributed by atoms with van der Waals surface area (Å²) >= 11 is 0. The van der Waals surface area contributed by atoms with Crippen molar-refractivity contribution < 1.29 is 19.7 Å². The molecule has 4 heteroatoms. The molecule has 0 unspecified atom stereocenters. The van der Waals surface area contributed by atoms with E-state index in [1.807, 2.05) is 6.92 Å². The highest BCUT2D eigenvalue weighted by Crippen LogP contribution is 2.05. The molecule has 0 radical (unpaired) electrons. The molecule has 0 aliphatic heterocycles. The molecule has 0 aromatic rings. The van der Waals surface area contributed by atoms with Crippen molar-refractivity contribution in [3.63, 3.8) is 0 Å². The molecule has 0 saturated heterocycles. The summed E-state index contributed by atoms with van der Waals surface area (Å²) in [4.78, 5) is 10.8. The third-order valence-corrected chi connectivity index (χ3v) is 1.24. The number of esters is 1. The zero-order valence-electron chi connectivity index (χ0n) is 7.54. The van der Waals surface area contributed by atoms with Gasteiger partial charge in [-0.25, -0.2) is 0 Å². The lowest BCUT2D eigenvalue weighted by molar-refractivity contribution is -0.176. The van der Waals surface area contributed by atoms with Gasteiger partial charge in [-0.3, -0.25) is 4.79 Å². The van der Waals surface area contributed by atoms with Crippen molar-refractivity contribution in [1.29, 1.82) is 0 Å². The number of hydrogen-bond acceptors (Lipinski definition) is 4. The Morgan fingerprint density at radius 3 is 2.50 bits per heavy atom. The van der Waals surface area contributed by atoms with E-state index in [1.165, 1.54) is 0 Å². The van der Waals surface area contributed by atoms with Crippen molar-refractivity contribution in [3.8, 4) is 0 Å². The van der Waals surface area contributed by atoms with Gasteiger partial charge in [-0.15, -0.1) is 0 Å². The Balaban J connectivity index is 3.47. The quantitative estimate of drug-likeness (QED) is 0.362. The van der Waals surface area contributed by atoms with E-state index in [0.717, 1.165) is 19.8 Å². The summed E-state index contributed by atoms with van der Waals surface area (Å²) in [7, 11) is 0. The van der Waals surface area contributed by atoms with E-state index in [1.54, 1.807) is 0 Å². The molecule has 0 aliphatic carbocycles. The van der Waals surface area contributed by atoms with Crippen LogP contribution in [0.15, 0.2) is 0 Å². The lowest BCUT2D eigenvalue weighted by Gasteiger charge is -2.14. The summed E-state index contributed by atoms with van der Waals surface area (Å²) in [5, 5.41) is 17.6. The topological polar surface area (TPSA) is 66.8 Å². The second kappa shape index (κ2) is 5.11. The summed E-state index contributed by atoms with van der Waals surface area (Å²) in [6, 6.07) is 0. The van der Waals surface area contributed by atoms with Crippen LogP contribution in [0.2, 0.25) is 0 Å². The van der Waals surface area contributed by atoms with Gasteiger partial charge in [0.1, 0.15) is 0 Å². The van der Waals surface area contributed by atoms with E-state index in [-0.39, 0.29) is 6.42 Å². The normalized spacial score (nSPS) is 11.3. The fourth-order valence-electron chi connectivity index (χ4n) is 0.655. The van der Waals surface area contributed by atoms with Gasteiger partial charge in [-0.1, -0.05) is 13.3 Å². The Bertz CT molecular complexity index is 136. The standard InChI is InChI=1S/C8H16O4/c1-3-4-5-12-7(9)6-8(2,10)11/h10-11H,3-6H2,1-2H3. The van der Waals surface area contributed by atoms with Crippen LogP contribution >= 0.6 is 0 Å². The lowest BCUT2D eigenvalue weighted by Crippen LogP contribution is -2.28. The van der Waals surface area contributed by atoms with Gasteiger partial charge in [0.05, 0.1) is 13.0 Å². The van der Waals surface area contributed by atoms with Crippen molar-refractivity contribution in [2.24, 2.45) is 0 Å². The van der Waals surface area contributed by atoms with Gasteiger partial charge in [-0.05, 0) is 13.3 Å². The first-order valence-corrected chi connectivity index (χ1v) is 4.06. The van der Waals surface area contributed by atoms with Crippen molar-refractivity contribution >= 4 is 5.97 Å². The largest absolute Gasteiger partial charge is 0.466 e. The fraction of sp³-hybridized carbons (Fsp3) is 0.875. The minimum Gasteiger partial charge on any atom is -0.466 e. The molecular weight excluding hydrogens is 160 g/mol. The summed E-state index contributed by atoms with van der Waals surface area (Å²) in [5.74, 6) is -2.53. The van der Waals surface area contributed by atoms with E-state index < -0.39 is 11.8 Å². The number of rotatable bonds is 5. The van der Waals surface area contributed by atoms with Gasteiger partial charge in [0, 0.05) is 0 Å². The van der Waals surface area contributed by atoms with Crippen LogP contribution in [0.25, 0.3) is 0 Å². The molecule has 4 nitrogen and oxygen atoms in total. The van der Waals surface area contributed by atoms with Crippen molar-refractivity contribution in [2.75, 3.05) is 6.61 Å². The molecule has 72 valence electrons. The van der Waals surface area contributed by atoms with Gasteiger partial charge in [-0.2, -0.15) is 0 Å². The van der Waals surface area contributed by atoms with Crippen molar-refractivity contribution in [3.05, 3.63) is 0 Å². The van der Waals surface area contributed by atoms with E-state index >= 15 is 0 Å². The third-order valence-electron chi connectivity index (χ3n) is 1.24. The Morgan fingerprint density at radius 2 is 2.08 bits per heavy atom. The molecular formula is C8H16O4. The maximum atomic E-state index is 10.8. The first-order chi connectivity index (χ1) is 5.45. The number of hydrogen-bond donors (Lipinski definition) is 2. The summed E-state index contributed by atoms with van der Waals surface area (Å²) in [6.45, 7) is 3.48. The van der Waals surface area contributed by atoms with Crippen LogP contribution in [0.1, 0.15) is 33.1 Å². The van der Waals surface area contributed by atoms with Gasteiger partial charge < -0.3 is 14.9 Å². The molecule has 0 amide bonds. The maximum Gasteiger partial charge on any atom is 0.311 e. The molecule has 0 atom stereocenters. The highest BCUT2D eigenvalue weighted by Gasteiger charge is 2.20. The highest BCUT2D eigenvalue weighted by atomic mass is 16.5. The minimum absolute atomic E-state index is 0.353. The lowest BCUT2D eigenvalue weighted by atomic mass is 10.2. The molecule has 0 rings (SSSR count). The monoisotopic (exact) mass is 176 g/mol. The highest BCUT2D eigenvalue weighted by molar-refractivity contribution is 5.70. The number of carbonyl (C=O) groups excluding carboxylic acids is 1. The van der Waals surface area contributed by atoms with Crippen LogP contribution < -0.4 is 0 Å². The predicted molar refractivity (Wildman–Crippen MR) is 43.3 cm³/mol. The average Bonchev–Trinajstić information content (AvgIpc) is 1.84. The van der Waals surface area contributed by atoms with E-state index in [2.05, 4.69) is 0 Å². The van der Waals surface area contributed by atoms with Crippen LogP contribution in [0, 0.1) is 0 Å².